The summed E-state index contributed by atoms with van der Waals surface area (Å²) in [6, 6.07) is 11.5. The van der Waals surface area contributed by atoms with Crippen LogP contribution < -0.4 is 15.8 Å². The van der Waals surface area contributed by atoms with Crippen molar-refractivity contribution in [1.29, 1.82) is 0 Å². The van der Waals surface area contributed by atoms with Crippen LogP contribution in [0, 0.1) is 11.2 Å². The number of nitrogens with one attached hydrogen (secondary N) is 1. The van der Waals surface area contributed by atoms with Gasteiger partial charge in [0.1, 0.15) is 17.6 Å². The van der Waals surface area contributed by atoms with Crippen LogP contribution in [-0.2, 0) is 16.1 Å². The minimum absolute atomic E-state index is 0.0579. The summed E-state index contributed by atoms with van der Waals surface area (Å²) in [4.78, 5) is 43.3. The van der Waals surface area contributed by atoms with E-state index in [2.05, 4.69) is 5.32 Å². The van der Waals surface area contributed by atoms with Crippen LogP contribution in [0.15, 0.2) is 48.5 Å². The molecule has 0 aliphatic carbocycles. The zero-order chi connectivity index (χ0) is 27.2. The first-order valence-electron chi connectivity index (χ1n) is 12.5. The molecule has 1 fully saturated rings. The number of rotatable bonds is 9. The molecule has 3 N–H and O–H groups in total. The Morgan fingerprint density at radius 3 is 2.49 bits per heavy atom. The standard InChI is InChI=1S/C28H37FN4O4/c1-28(2,3)16-25(34)32(17-19-6-5-7-23(14-19)37-4)22-15-24(26(35)31-13-12-30)33(18-22)27(36)20-8-10-21(29)11-9-20/h5-11,14,22,24H,12-13,15-18,30H2,1-4H3,(H,31,35). The molecule has 3 amide bonds. The van der Waals surface area contributed by atoms with Crippen LogP contribution in [0.5, 0.6) is 5.75 Å². The minimum Gasteiger partial charge on any atom is -0.497 e. The van der Waals surface area contributed by atoms with E-state index in [1.54, 1.807) is 12.0 Å². The van der Waals surface area contributed by atoms with E-state index in [9.17, 15) is 18.8 Å². The van der Waals surface area contributed by atoms with Gasteiger partial charge in [0.15, 0.2) is 0 Å². The van der Waals surface area contributed by atoms with Crippen molar-refractivity contribution >= 4 is 17.7 Å². The van der Waals surface area contributed by atoms with Gasteiger partial charge in [0.05, 0.1) is 13.2 Å². The third kappa shape index (κ3) is 7.52. The SMILES string of the molecule is COc1cccc(CN(C(=O)CC(C)(C)C)C2CC(C(=O)NCCN)N(C(=O)c3ccc(F)cc3)C2)c1. The van der Waals surface area contributed by atoms with Crippen molar-refractivity contribution in [3.63, 3.8) is 0 Å². The molecule has 0 saturated carbocycles. The fourth-order valence-corrected chi connectivity index (χ4v) is 4.53. The number of nitrogens with two attached hydrogens (primary N) is 1. The molecule has 2 atom stereocenters. The normalized spacial score (nSPS) is 17.4. The quantitative estimate of drug-likeness (QED) is 0.538. The number of likely N-dealkylation sites (tertiary alicyclic amines) is 1. The summed E-state index contributed by atoms with van der Waals surface area (Å²) in [7, 11) is 1.59. The van der Waals surface area contributed by atoms with Gasteiger partial charge in [-0.25, -0.2) is 4.39 Å². The molecule has 3 rings (SSSR count). The van der Waals surface area contributed by atoms with E-state index in [0.29, 0.717) is 18.7 Å². The number of carbonyl (C=O) groups excluding carboxylic acids is 3. The van der Waals surface area contributed by atoms with E-state index in [0.717, 1.165) is 5.56 Å². The van der Waals surface area contributed by atoms with Gasteiger partial charge >= 0.3 is 0 Å². The largest absolute Gasteiger partial charge is 0.497 e. The lowest BCUT2D eigenvalue weighted by Gasteiger charge is -2.32. The van der Waals surface area contributed by atoms with Gasteiger partial charge in [-0.05, 0) is 53.8 Å². The Hall–Kier alpha value is -3.46. The Bertz CT molecular complexity index is 1100. The molecule has 1 heterocycles. The number of amides is 3. The first kappa shape index (κ1) is 28.1. The number of ether oxygens (including phenoxy) is 1. The van der Waals surface area contributed by atoms with Gasteiger partial charge in [0, 0.05) is 38.2 Å². The highest BCUT2D eigenvalue weighted by atomic mass is 19.1. The minimum atomic E-state index is -0.788. The lowest BCUT2D eigenvalue weighted by molar-refractivity contribution is -0.136. The monoisotopic (exact) mass is 512 g/mol. The molecule has 37 heavy (non-hydrogen) atoms. The summed E-state index contributed by atoms with van der Waals surface area (Å²) in [6.45, 7) is 7.02. The summed E-state index contributed by atoms with van der Waals surface area (Å²) >= 11 is 0. The average molecular weight is 513 g/mol. The topological polar surface area (TPSA) is 105 Å². The van der Waals surface area contributed by atoms with Crippen molar-refractivity contribution in [3.8, 4) is 5.75 Å². The lowest BCUT2D eigenvalue weighted by Crippen LogP contribution is -2.47. The van der Waals surface area contributed by atoms with E-state index in [-0.39, 0.29) is 60.8 Å². The molecule has 1 aliphatic rings. The molecule has 0 aromatic heterocycles. The molecule has 9 heteroatoms. The molecule has 0 bridgehead atoms. The first-order valence-corrected chi connectivity index (χ1v) is 12.5. The number of nitrogens with zero attached hydrogens (tertiary/aromatic N) is 2. The summed E-state index contributed by atoms with van der Waals surface area (Å²) in [6.07, 6.45) is 0.590. The van der Waals surface area contributed by atoms with Crippen molar-refractivity contribution in [2.24, 2.45) is 11.1 Å². The number of carbonyl (C=O) groups is 3. The number of halogens is 1. The zero-order valence-electron chi connectivity index (χ0n) is 22.0. The molecule has 1 saturated heterocycles. The molecule has 1 aliphatic heterocycles. The highest BCUT2D eigenvalue weighted by molar-refractivity contribution is 5.98. The van der Waals surface area contributed by atoms with Gasteiger partial charge < -0.3 is 25.6 Å². The molecular weight excluding hydrogens is 475 g/mol. The smallest absolute Gasteiger partial charge is 0.254 e. The molecular formula is C28H37FN4O4. The van der Waals surface area contributed by atoms with Crippen molar-refractivity contribution < 1.29 is 23.5 Å². The van der Waals surface area contributed by atoms with Gasteiger partial charge in [-0.3, -0.25) is 14.4 Å². The fourth-order valence-electron chi connectivity index (χ4n) is 4.53. The average Bonchev–Trinajstić information content (AvgIpc) is 3.30. The fraction of sp³-hybridized carbons (Fsp3) is 0.464. The van der Waals surface area contributed by atoms with E-state index in [4.69, 9.17) is 10.5 Å². The highest BCUT2D eigenvalue weighted by Crippen LogP contribution is 2.29. The molecule has 2 aromatic carbocycles. The summed E-state index contributed by atoms with van der Waals surface area (Å²) in [5.74, 6) is -0.546. The van der Waals surface area contributed by atoms with E-state index in [1.165, 1.54) is 29.2 Å². The van der Waals surface area contributed by atoms with Crippen LogP contribution in [0.1, 0.15) is 49.5 Å². The first-order chi connectivity index (χ1) is 17.5. The summed E-state index contributed by atoms with van der Waals surface area (Å²) in [5.41, 5.74) is 6.48. The second-order valence-corrected chi connectivity index (χ2v) is 10.6. The third-order valence-electron chi connectivity index (χ3n) is 6.31. The Labute approximate surface area is 217 Å². The van der Waals surface area contributed by atoms with E-state index < -0.39 is 11.9 Å². The molecule has 2 unspecified atom stereocenters. The molecule has 0 spiro atoms. The highest BCUT2D eigenvalue weighted by Gasteiger charge is 2.43. The maximum atomic E-state index is 13.6. The predicted octanol–water partition coefficient (Wildman–Crippen LogP) is 2.96. The lowest BCUT2D eigenvalue weighted by atomic mass is 9.91. The van der Waals surface area contributed by atoms with Gasteiger partial charge in [-0.15, -0.1) is 0 Å². The number of benzene rings is 2. The van der Waals surface area contributed by atoms with Crippen LogP contribution in [0.2, 0.25) is 0 Å². The van der Waals surface area contributed by atoms with E-state index in [1.807, 2.05) is 45.0 Å². The van der Waals surface area contributed by atoms with Crippen LogP contribution in [0.4, 0.5) is 4.39 Å². The molecule has 8 nitrogen and oxygen atoms in total. The second kappa shape index (κ2) is 12.2. The van der Waals surface area contributed by atoms with Crippen molar-refractivity contribution in [2.45, 2.75) is 52.2 Å². The van der Waals surface area contributed by atoms with Crippen LogP contribution in [-0.4, -0.2) is 66.3 Å². The summed E-state index contributed by atoms with van der Waals surface area (Å²) in [5, 5.41) is 2.77. The molecule has 2 aromatic rings. The van der Waals surface area contributed by atoms with Crippen molar-refractivity contribution in [2.75, 3.05) is 26.7 Å². The van der Waals surface area contributed by atoms with Crippen molar-refractivity contribution in [1.82, 2.24) is 15.1 Å². The zero-order valence-corrected chi connectivity index (χ0v) is 22.0. The predicted molar refractivity (Wildman–Crippen MR) is 139 cm³/mol. The van der Waals surface area contributed by atoms with E-state index >= 15 is 0 Å². The number of hydrogen-bond acceptors (Lipinski definition) is 5. The third-order valence-corrected chi connectivity index (χ3v) is 6.31. The Morgan fingerprint density at radius 1 is 1.16 bits per heavy atom. The van der Waals surface area contributed by atoms with Gasteiger partial charge in [0.2, 0.25) is 11.8 Å². The maximum Gasteiger partial charge on any atom is 0.254 e. The molecule has 0 radical (unpaired) electrons. The van der Waals surface area contributed by atoms with Gasteiger partial charge in [-0.2, -0.15) is 0 Å². The Morgan fingerprint density at radius 2 is 1.86 bits per heavy atom. The Kier molecular flexibility index (Phi) is 9.26. The summed E-state index contributed by atoms with van der Waals surface area (Å²) < 4.78 is 18.8. The van der Waals surface area contributed by atoms with Crippen LogP contribution in [0.3, 0.4) is 0 Å². The van der Waals surface area contributed by atoms with Gasteiger partial charge in [-0.1, -0.05) is 32.9 Å². The Balaban J connectivity index is 1.94. The maximum absolute atomic E-state index is 13.6. The van der Waals surface area contributed by atoms with Crippen molar-refractivity contribution in [3.05, 3.63) is 65.5 Å². The van der Waals surface area contributed by atoms with Gasteiger partial charge in [0.25, 0.3) is 5.91 Å². The number of hydrogen-bond donors (Lipinski definition) is 2. The molecule has 200 valence electrons. The van der Waals surface area contributed by atoms with Crippen LogP contribution in [0.25, 0.3) is 0 Å². The second-order valence-electron chi connectivity index (χ2n) is 10.6. The number of methoxy groups -OCH3 is 1. The van der Waals surface area contributed by atoms with Crippen LogP contribution >= 0.6 is 0 Å².